The Morgan fingerprint density at radius 1 is 1.32 bits per heavy atom. The van der Waals surface area contributed by atoms with Crippen LogP contribution in [0.2, 0.25) is 0 Å². The van der Waals surface area contributed by atoms with Crippen molar-refractivity contribution in [2.75, 3.05) is 6.54 Å². The minimum atomic E-state index is -1.33. The van der Waals surface area contributed by atoms with Crippen molar-refractivity contribution in [3.63, 3.8) is 0 Å². The van der Waals surface area contributed by atoms with Crippen molar-refractivity contribution in [2.24, 2.45) is 5.11 Å². The topological polar surface area (TPSA) is 58.0 Å². The quantitative estimate of drug-likeness (QED) is 0.447. The molecular weight excluding hydrogens is 245 g/mol. The van der Waals surface area contributed by atoms with E-state index in [0.717, 1.165) is 5.56 Å². The van der Waals surface area contributed by atoms with Gasteiger partial charge in [0.05, 0.1) is 19.3 Å². The van der Waals surface area contributed by atoms with Gasteiger partial charge in [0.25, 0.3) is 0 Å². The Labute approximate surface area is 112 Å². The smallest absolute Gasteiger partial charge is 0.116 e. The van der Waals surface area contributed by atoms with Gasteiger partial charge in [-0.2, -0.15) is 0 Å². The van der Waals surface area contributed by atoms with E-state index in [1.54, 1.807) is 0 Å². The standard InChI is InChI=1S/C14H18FN3O/c15-14(11-17-18-16)8-6-13(7-9-14)19-10-12-4-2-1-3-5-12/h1-5,13H,6-11H2. The van der Waals surface area contributed by atoms with E-state index in [-0.39, 0.29) is 12.6 Å². The molecule has 0 heterocycles. The Hall–Kier alpha value is -1.58. The minimum absolute atomic E-state index is 0.0606. The highest BCUT2D eigenvalue weighted by Crippen LogP contribution is 2.33. The third kappa shape index (κ3) is 4.23. The number of rotatable bonds is 5. The second kappa shape index (κ2) is 6.55. The average molecular weight is 263 g/mol. The first-order valence-electron chi connectivity index (χ1n) is 6.57. The number of benzene rings is 1. The first-order chi connectivity index (χ1) is 9.22. The maximum atomic E-state index is 14.2. The highest BCUT2D eigenvalue weighted by Gasteiger charge is 2.34. The van der Waals surface area contributed by atoms with E-state index in [9.17, 15) is 4.39 Å². The molecule has 0 bridgehead atoms. The highest BCUT2D eigenvalue weighted by atomic mass is 19.1. The van der Waals surface area contributed by atoms with Gasteiger partial charge in [-0.15, -0.1) is 0 Å². The molecule has 0 atom stereocenters. The van der Waals surface area contributed by atoms with Gasteiger partial charge in [0.2, 0.25) is 0 Å². The van der Waals surface area contributed by atoms with Crippen LogP contribution in [0.5, 0.6) is 0 Å². The van der Waals surface area contributed by atoms with Crippen LogP contribution in [-0.2, 0) is 11.3 Å². The summed E-state index contributed by atoms with van der Waals surface area (Å²) >= 11 is 0. The molecule has 1 fully saturated rings. The molecular formula is C14H18FN3O. The fourth-order valence-corrected chi connectivity index (χ4v) is 2.38. The van der Waals surface area contributed by atoms with Crippen LogP contribution in [-0.4, -0.2) is 18.3 Å². The van der Waals surface area contributed by atoms with Crippen molar-refractivity contribution < 1.29 is 9.13 Å². The van der Waals surface area contributed by atoms with Crippen molar-refractivity contribution in [3.05, 3.63) is 46.3 Å². The molecule has 0 radical (unpaired) electrons. The fraction of sp³-hybridized carbons (Fsp3) is 0.571. The molecule has 0 amide bonds. The van der Waals surface area contributed by atoms with Gasteiger partial charge >= 0.3 is 0 Å². The lowest BCUT2D eigenvalue weighted by molar-refractivity contribution is -0.0212. The third-order valence-corrected chi connectivity index (χ3v) is 3.57. The molecule has 1 aromatic rings. The van der Waals surface area contributed by atoms with Crippen LogP contribution in [0.1, 0.15) is 31.2 Å². The van der Waals surface area contributed by atoms with Crippen molar-refractivity contribution >= 4 is 0 Å². The summed E-state index contributed by atoms with van der Waals surface area (Å²) in [6.07, 6.45) is 2.29. The molecule has 102 valence electrons. The summed E-state index contributed by atoms with van der Waals surface area (Å²) in [6, 6.07) is 9.96. The number of alkyl halides is 1. The van der Waals surface area contributed by atoms with Crippen LogP contribution in [0.15, 0.2) is 35.4 Å². The summed E-state index contributed by atoms with van der Waals surface area (Å²) in [5.41, 5.74) is 8.04. The lowest BCUT2D eigenvalue weighted by Crippen LogP contribution is -2.35. The number of azide groups is 1. The van der Waals surface area contributed by atoms with Crippen LogP contribution < -0.4 is 0 Å². The number of hydrogen-bond acceptors (Lipinski definition) is 2. The zero-order valence-corrected chi connectivity index (χ0v) is 10.8. The maximum Gasteiger partial charge on any atom is 0.116 e. The molecule has 1 aliphatic rings. The average Bonchev–Trinajstić information content (AvgIpc) is 2.46. The Bertz CT molecular complexity index is 437. The Balaban J connectivity index is 1.76. The van der Waals surface area contributed by atoms with E-state index in [2.05, 4.69) is 10.0 Å². The largest absolute Gasteiger partial charge is 0.374 e. The van der Waals surface area contributed by atoms with Crippen LogP contribution in [0.4, 0.5) is 4.39 Å². The van der Waals surface area contributed by atoms with Crippen LogP contribution in [0, 0.1) is 0 Å². The van der Waals surface area contributed by atoms with E-state index >= 15 is 0 Å². The van der Waals surface area contributed by atoms with Crippen LogP contribution in [0.3, 0.4) is 0 Å². The van der Waals surface area contributed by atoms with Crippen molar-refractivity contribution in [2.45, 2.75) is 44.1 Å². The van der Waals surface area contributed by atoms with E-state index < -0.39 is 5.67 Å². The normalized spacial score (nSPS) is 26.7. The molecule has 1 saturated carbocycles. The minimum Gasteiger partial charge on any atom is -0.374 e. The molecule has 0 unspecified atom stereocenters. The fourth-order valence-electron chi connectivity index (χ4n) is 2.38. The van der Waals surface area contributed by atoms with Crippen molar-refractivity contribution in [1.82, 2.24) is 0 Å². The lowest BCUT2D eigenvalue weighted by Gasteiger charge is -2.32. The van der Waals surface area contributed by atoms with Gasteiger partial charge in [-0.3, -0.25) is 0 Å². The summed E-state index contributed by atoms with van der Waals surface area (Å²) < 4.78 is 20.0. The van der Waals surface area contributed by atoms with E-state index in [1.165, 1.54) is 0 Å². The predicted molar refractivity (Wildman–Crippen MR) is 71.3 cm³/mol. The molecule has 0 spiro atoms. The SMILES string of the molecule is [N-]=[N+]=NCC1(F)CCC(OCc2ccccc2)CC1. The predicted octanol–water partition coefficient (Wildman–Crippen LogP) is 4.16. The monoisotopic (exact) mass is 263 g/mol. The second-order valence-corrected chi connectivity index (χ2v) is 5.04. The van der Waals surface area contributed by atoms with E-state index in [1.807, 2.05) is 30.3 Å². The first kappa shape index (κ1) is 13.8. The lowest BCUT2D eigenvalue weighted by atomic mass is 9.85. The molecule has 2 rings (SSSR count). The summed E-state index contributed by atoms with van der Waals surface area (Å²) in [5.74, 6) is 0. The molecule has 4 nitrogen and oxygen atoms in total. The molecule has 0 aliphatic heterocycles. The maximum absolute atomic E-state index is 14.2. The van der Waals surface area contributed by atoms with Gasteiger partial charge in [-0.1, -0.05) is 35.4 Å². The molecule has 0 aromatic heterocycles. The number of nitrogens with zero attached hydrogens (tertiary/aromatic N) is 3. The van der Waals surface area contributed by atoms with Gasteiger partial charge in [-0.05, 0) is 36.8 Å². The van der Waals surface area contributed by atoms with Gasteiger partial charge in [-0.25, -0.2) is 4.39 Å². The van der Waals surface area contributed by atoms with E-state index in [0.29, 0.717) is 32.3 Å². The molecule has 1 aromatic carbocycles. The summed E-state index contributed by atoms with van der Waals surface area (Å²) in [4.78, 5) is 2.62. The van der Waals surface area contributed by atoms with Crippen LogP contribution in [0.25, 0.3) is 10.4 Å². The zero-order chi connectivity index (χ0) is 13.6. The molecule has 19 heavy (non-hydrogen) atoms. The Kier molecular flexibility index (Phi) is 4.77. The number of halogens is 1. The molecule has 5 heteroatoms. The van der Waals surface area contributed by atoms with Gasteiger partial charge in [0, 0.05) is 4.91 Å². The van der Waals surface area contributed by atoms with Gasteiger partial charge < -0.3 is 4.74 Å². The van der Waals surface area contributed by atoms with Crippen LogP contribution >= 0.6 is 0 Å². The summed E-state index contributed by atoms with van der Waals surface area (Å²) in [5, 5.41) is 3.35. The highest BCUT2D eigenvalue weighted by molar-refractivity contribution is 5.13. The van der Waals surface area contributed by atoms with Gasteiger partial charge in [0.15, 0.2) is 0 Å². The Morgan fingerprint density at radius 2 is 2.00 bits per heavy atom. The molecule has 1 aliphatic carbocycles. The zero-order valence-electron chi connectivity index (χ0n) is 10.8. The Morgan fingerprint density at radius 3 is 2.63 bits per heavy atom. The van der Waals surface area contributed by atoms with E-state index in [4.69, 9.17) is 10.3 Å². The number of ether oxygens (including phenoxy) is 1. The first-order valence-corrected chi connectivity index (χ1v) is 6.57. The van der Waals surface area contributed by atoms with Crippen molar-refractivity contribution in [3.8, 4) is 0 Å². The molecule has 0 saturated heterocycles. The number of hydrogen-bond donors (Lipinski definition) is 0. The second-order valence-electron chi connectivity index (χ2n) is 5.04. The summed E-state index contributed by atoms with van der Waals surface area (Å²) in [7, 11) is 0. The van der Waals surface area contributed by atoms with Crippen molar-refractivity contribution in [1.29, 1.82) is 0 Å². The molecule has 0 N–H and O–H groups in total. The third-order valence-electron chi connectivity index (χ3n) is 3.57. The summed E-state index contributed by atoms with van der Waals surface area (Å²) in [6.45, 7) is 0.510. The van der Waals surface area contributed by atoms with Gasteiger partial charge in [0.1, 0.15) is 5.67 Å².